The van der Waals surface area contributed by atoms with Crippen molar-refractivity contribution in [3.8, 4) is 0 Å². The van der Waals surface area contributed by atoms with Crippen molar-refractivity contribution in [2.45, 2.75) is 24.9 Å². The lowest BCUT2D eigenvalue weighted by Crippen LogP contribution is -2.43. The Morgan fingerprint density at radius 1 is 1.29 bits per heavy atom. The Morgan fingerprint density at radius 3 is 2.47 bits per heavy atom. The average molecular weight is 265 g/mol. The normalized spacial score (nSPS) is 20.5. The highest BCUT2D eigenvalue weighted by molar-refractivity contribution is 7.93. The topological polar surface area (TPSA) is 37.4 Å². The summed E-state index contributed by atoms with van der Waals surface area (Å²) in [5.74, 6) is 0. The van der Waals surface area contributed by atoms with Gasteiger partial charge in [0.1, 0.15) is 0 Å². The van der Waals surface area contributed by atoms with E-state index in [9.17, 15) is 21.6 Å². The molecule has 0 fully saturated rings. The second-order valence-corrected chi connectivity index (χ2v) is 5.73. The van der Waals surface area contributed by atoms with Crippen LogP contribution in [0.25, 0.3) is 0 Å². The van der Waals surface area contributed by atoms with E-state index in [0.717, 1.165) is 0 Å². The lowest BCUT2D eigenvalue weighted by molar-refractivity contribution is -0.0439. The molecule has 0 amide bonds. The molecule has 1 aromatic carbocycles. The summed E-state index contributed by atoms with van der Waals surface area (Å²) >= 11 is 0. The maximum atomic E-state index is 12.5. The summed E-state index contributed by atoms with van der Waals surface area (Å²) < 4.78 is 60.9. The van der Waals surface area contributed by atoms with Gasteiger partial charge in [-0.25, -0.2) is 0 Å². The number of benzene rings is 1. The molecule has 17 heavy (non-hydrogen) atoms. The van der Waals surface area contributed by atoms with Crippen molar-refractivity contribution in [3.63, 3.8) is 0 Å². The van der Waals surface area contributed by atoms with Crippen LogP contribution in [-0.2, 0) is 16.4 Å². The zero-order chi connectivity index (χ0) is 12.8. The molecule has 1 heterocycles. The number of anilines is 1. The minimum atomic E-state index is -5.31. The van der Waals surface area contributed by atoms with Gasteiger partial charge >= 0.3 is 15.5 Å². The maximum absolute atomic E-state index is 12.5. The fourth-order valence-electron chi connectivity index (χ4n) is 2.01. The standard InChI is InChI=1S/C10H10F3NO2S/c1-7-6-8-4-2-3-5-9(8)14(7)17(15,16)10(11,12)13/h2-5,7H,6H2,1H3/t7-/m1/s1. The summed E-state index contributed by atoms with van der Waals surface area (Å²) in [6.45, 7) is 1.46. The number of hydrogen-bond donors (Lipinski definition) is 0. The Kier molecular flexibility index (Phi) is 2.61. The molecule has 3 nitrogen and oxygen atoms in total. The first-order chi connectivity index (χ1) is 7.75. The number of fused-ring (bicyclic) bond motifs is 1. The summed E-state index contributed by atoms with van der Waals surface area (Å²) in [6.07, 6.45) is 0.297. The fourth-order valence-corrected chi connectivity index (χ4v) is 3.22. The van der Waals surface area contributed by atoms with Gasteiger partial charge in [-0.3, -0.25) is 4.31 Å². The zero-order valence-electron chi connectivity index (χ0n) is 8.90. The zero-order valence-corrected chi connectivity index (χ0v) is 9.72. The molecule has 0 aromatic heterocycles. The number of para-hydroxylation sites is 1. The summed E-state index contributed by atoms with van der Waals surface area (Å²) in [6, 6.07) is 5.52. The molecule has 0 bridgehead atoms. The highest BCUT2D eigenvalue weighted by Crippen LogP contribution is 2.39. The van der Waals surface area contributed by atoms with Gasteiger partial charge in [0.15, 0.2) is 0 Å². The smallest absolute Gasteiger partial charge is 0.259 e. The van der Waals surface area contributed by atoms with Gasteiger partial charge in [-0.15, -0.1) is 0 Å². The Bertz CT molecular complexity index is 539. The minimum Gasteiger partial charge on any atom is -0.259 e. The Labute approximate surface area is 96.9 Å². The van der Waals surface area contributed by atoms with Crippen molar-refractivity contribution in [2.24, 2.45) is 0 Å². The number of nitrogens with zero attached hydrogens (tertiary/aromatic N) is 1. The van der Waals surface area contributed by atoms with Crippen LogP contribution in [0.2, 0.25) is 0 Å². The first kappa shape index (κ1) is 12.2. The molecule has 1 aliphatic rings. The van der Waals surface area contributed by atoms with Crippen LogP contribution in [0.4, 0.5) is 18.9 Å². The number of hydrogen-bond acceptors (Lipinski definition) is 2. The van der Waals surface area contributed by atoms with Crippen LogP contribution in [-0.4, -0.2) is 20.0 Å². The fraction of sp³-hybridized carbons (Fsp3) is 0.400. The summed E-state index contributed by atoms with van der Waals surface area (Å²) in [7, 11) is -5.31. The molecule has 1 atom stereocenters. The third-order valence-electron chi connectivity index (χ3n) is 2.70. The van der Waals surface area contributed by atoms with E-state index >= 15 is 0 Å². The molecule has 0 unspecified atom stereocenters. The molecule has 0 spiro atoms. The van der Waals surface area contributed by atoms with Crippen LogP contribution >= 0.6 is 0 Å². The molecule has 0 saturated carbocycles. The minimum absolute atomic E-state index is 0.123. The molecule has 2 rings (SSSR count). The van der Waals surface area contributed by atoms with Gasteiger partial charge in [0.2, 0.25) is 0 Å². The van der Waals surface area contributed by atoms with Crippen LogP contribution in [0, 0.1) is 0 Å². The van der Waals surface area contributed by atoms with Gasteiger partial charge in [-0.05, 0) is 25.0 Å². The molecule has 1 aromatic rings. The van der Waals surface area contributed by atoms with E-state index in [-0.39, 0.29) is 5.69 Å². The molecule has 1 aliphatic heterocycles. The van der Waals surface area contributed by atoms with Crippen molar-refractivity contribution >= 4 is 15.7 Å². The number of sulfonamides is 1. The average Bonchev–Trinajstić information content (AvgIpc) is 2.51. The van der Waals surface area contributed by atoms with Crippen LogP contribution in [0.3, 0.4) is 0 Å². The van der Waals surface area contributed by atoms with E-state index < -0.39 is 21.6 Å². The van der Waals surface area contributed by atoms with E-state index in [1.54, 1.807) is 12.1 Å². The Hall–Kier alpha value is -1.24. The highest BCUT2D eigenvalue weighted by Gasteiger charge is 2.53. The third kappa shape index (κ3) is 1.78. The van der Waals surface area contributed by atoms with Gasteiger partial charge in [0.25, 0.3) is 0 Å². The van der Waals surface area contributed by atoms with E-state index in [1.807, 2.05) is 0 Å². The monoisotopic (exact) mass is 265 g/mol. The second kappa shape index (κ2) is 3.63. The lowest BCUT2D eigenvalue weighted by atomic mass is 10.1. The summed E-state index contributed by atoms with van der Waals surface area (Å²) in [5.41, 5.74) is -4.52. The van der Waals surface area contributed by atoms with Crippen molar-refractivity contribution in [1.29, 1.82) is 0 Å². The molecule has 0 aliphatic carbocycles. The van der Waals surface area contributed by atoms with Gasteiger partial charge in [-0.2, -0.15) is 21.6 Å². The van der Waals surface area contributed by atoms with Crippen molar-refractivity contribution in [1.82, 2.24) is 0 Å². The van der Waals surface area contributed by atoms with Gasteiger partial charge in [0.05, 0.1) is 5.69 Å². The van der Waals surface area contributed by atoms with Crippen molar-refractivity contribution in [3.05, 3.63) is 29.8 Å². The van der Waals surface area contributed by atoms with E-state index in [0.29, 0.717) is 16.3 Å². The summed E-state index contributed by atoms with van der Waals surface area (Å²) in [5, 5.41) is 0. The quantitative estimate of drug-likeness (QED) is 0.781. The SMILES string of the molecule is C[C@@H]1Cc2ccccc2N1S(=O)(=O)C(F)(F)F. The Morgan fingerprint density at radius 2 is 1.88 bits per heavy atom. The van der Waals surface area contributed by atoms with Gasteiger partial charge in [-0.1, -0.05) is 18.2 Å². The predicted molar refractivity (Wildman–Crippen MR) is 57.1 cm³/mol. The lowest BCUT2D eigenvalue weighted by Gasteiger charge is -2.25. The molecule has 7 heteroatoms. The first-order valence-electron chi connectivity index (χ1n) is 4.94. The number of halogens is 3. The molecule has 0 N–H and O–H groups in total. The Balaban J connectivity index is 2.55. The van der Waals surface area contributed by atoms with Gasteiger partial charge < -0.3 is 0 Å². The third-order valence-corrected chi connectivity index (χ3v) is 4.36. The van der Waals surface area contributed by atoms with Crippen LogP contribution in [0.15, 0.2) is 24.3 Å². The molecule has 0 radical (unpaired) electrons. The first-order valence-corrected chi connectivity index (χ1v) is 6.38. The van der Waals surface area contributed by atoms with Crippen LogP contribution in [0.1, 0.15) is 12.5 Å². The molecule has 94 valence electrons. The molecule has 0 saturated heterocycles. The number of rotatable bonds is 1. The van der Waals surface area contributed by atoms with E-state index in [2.05, 4.69) is 0 Å². The van der Waals surface area contributed by atoms with E-state index in [1.165, 1.54) is 19.1 Å². The van der Waals surface area contributed by atoms with Crippen LogP contribution in [0.5, 0.6) is 0 Å². The second-order valence-electron chi connectivity index (χ2n) is 3.93. The summed E-state index contributed by atoms with van der Waals surface area (Å²) in [4.78, 5) is 0. The van der Waals surface area contributed by atoms with Gasteiger partial charge in [0, 0.05) is 6.04 Å². The van der Waals surface area contributed by atoms with Crippen molar-refractivity contribution < 1.29 is 21.6 Å². The maximum Gasteiger partial charge on any atom is 0.516 e. The largest absolute Gasteiger partial charge is 0.516 e. The molecular formula is C10H10F3NO2S. The number of alkyl halides is 3. The van der Waals surface area contributed by atoms with E-state index in [4.69, 9.17) is 0 Å². The highest BCUT2D eigenvalue weighted by atomic mass is 32.2. The predicted octanol–water partition coefficient (Wildman–Crippen LogP) is 2.29. The molecular weight excluding hydrogens is 255 g/mol. The van der Waals surface area contributed by atoms with Crippen molar-refractivity contribution in [2.75, 3.05) is 4.31 Å². The van der Waals surface area contributed by atoms with Crippen LogP contribution < -0.4 is 4.31 Å².